The highest BCUT2D eigenvalue weighted by Crippen LogP contribution is 2.33. The van der Waals surface area contributed by atoms with E-state index in [1.54, 1.807) is 25.1 Å². The monoisotopic (exact) mass is 323 g/mol. The first-order valence-corrected chi connectivity index (χ1v) is 7.75. The van der Waals surface area contributed by atoms with Gasteiger partial charge in [-0.1, -0.05) is 19.6 Å². The molecule has 0 aliphatic carbocycles. The SMILES string of the molecule is C=C(C)C(=O)Oc1ccc2c(c1)n1n(-c3cc(CC)ccc3O)n21. The van der Waals surface area contributed by atoms with Crippen molar-refractivity contribution in [2.75, 3.05) is 0 Å². The average molecular weight is 323 g/mol. The van der Waals surface area contributed by atoms with Gasteiger partial charge in [0.15, 0.2) is 0 Å². The highest BCUT2D eigenvalue weighted by Gasteiger charge is 2.26. The zero-order valence-electron chi connectivity index (χ0n) is 13.5. The smallest absolute Gasteiger partial charge is 0.338 e. The van der Waals surface area contributed by atoms with Crippen LogP contribution in [0.4, 0.5) is 0 Å². The molecule has 0 unspecified atom stereocenters. The second-order valence-electron chi connectivity index (χ2n) is 5.87. The molecule has 4 rings (SSSR count). The van der Waals surface area contributed by atoms with Crippen LogP contribution in [0.2, 0.25) is 0 Å². The van der Waals surface area contributed by atoms with Gasteiger partial charge in [-0.3, -0.25) is 0 Å². The van der Waals surface area contributed by atoms with Crippen LogP contribution < -0.4 is 4.74 Å². The van der Waals surface area contributed by atoms with E-state index in [1.807, 2.05) is 32.3 Å². The molecule has 2 aromatic carbocycles. The van der Waals surface area contributed by atoms with Gasteiger partial charge in [0, 0.05) is 11.6 Å². The van der Waals surface area contributed by atoms with Crippen molar-refractivity contribution in [1.29, 1.82) is 0 Å². The molecule has 2 heterocycles. The highest BCUT2D eigenvalue weighted by atomic mass is 16.5. The molecule has 0 bridgehead atoms. The number of hydrogen-bond acceptors (Lipinski definition) is 3. The third kappa shape index (κ3) is 2.00. The average Bonchev–Trinajstić information content (AvgIpc) is 3.22. The van der Waals surface area contributed by atoms with Gasteiger partial charge in [0.25, 0.3) is 0 Å². The molecule has 4 aromatic rings. The van der Waals surface area contributed by atoms with Gasteiger partial charge in [-0.2, -0.15) is 0 Å². The number of benzene rings is 2. The number of aromatic nitrogens is 3. The van der Waals surface area contributed by atoms with Crippen molar-refractivity contribution in [2.45, 2.75) is 20.3 Å². The van der Waals surface area contributed by atoms with Gasteiger partial charge in [-0.25, -0.2) is 4.79 Å². The summed E-state index contributed by atoms with van der Waals surface area (Å²) in [6, 6.07) is 11.0. The molecule has 122 valence electrons. The number of phenolic OH excluding ortho intramolecular Hbond substituents is 1. The summed E-state index contributed by atoms with van der Waals surface area (Å²) in [5, 5.41) is 10.1. The molecule has 24 heavy (non-hydrogen) atoms. The van der Waals surface area contributed by atoms with Crippen LogP contribution in [-0.2, 0) is 11.2 Å². The van der Waals surface area contributed by atoms with Gasteiger partial charge in [0.2, 0.25) is 0 Å². The Hall–Kier alpha value is -3.15. The van der Waals surface area contributed by atoms with Crippen molar-refractivity contribution in [1.82, 2.24) is 14.1 Å². The molecule has 6 heteroatoms. The standard InChI is InChI=1S/C18H17N3O3/c1-4-12-5-8-17(22)16(9-12)21-19-14-7-6-13(10-15(14)20(19)21)24-18(23)11(2)3/h5-10,22H,2,4H2,1,3H3. The number of rotatable bonds is 4. The maximum Gasteiger partial charge on any atom is 0.338 e. The van der Waals surface area contributed by atoms with Gasteiger partial charge < -0.3 is 9.84 Å². The maximum absolute atomic E-state index is 11.6. The Bertz CT molecular complexity index is 1080. The Labute approximate surface area is 138 Å². The molecule has 0 amide bonds. The van der Waals surface area contributed by atoms with Crippen molar-refractivity contribution < 1.29 is 14.6 Å². The van der Waals surface area contributed by atoms with Crippen molar-refractivity contribution in [3.05, 3.63) is 54.1 Å². The zero-order valence-corrected chi connectivity index (χ0v) is 13.5. The van der Waals surface area contributed by atoms with Crippen molar-refractivity contribution in [3.63, 3.8) is 0 Å². The van der Waals surface area contributed by atoms with Crippen molar-refractivity contribution in [3.8, 4) is 17.2 Å². The Morgan fingerprint density at radius 3 is 2.62 bits per heavy atom. The Balaban J connectivity index is 1.74. The Morgan fingerprint density at radius 2 is 1.92 bits per heavy atom. The van der Waals surface area contributed by atoms with Gasteiger partial charge in [0.1, 0.15) is 28.2 Å². The zero-order chi connectivity index (χ0) is 17.0. The van der Waals surface area contributed by atoms with Crippen LogP contribution in [0.1, 0.15) is 19.4 Å². The van der Waals surface area contributed by atoms with Crippen LogP contribution in [0.5, 0.6) is 11.5 Å². The fraction of sp³-hybridized carbons (Fsp3) is 0.167. The first-order chi connectivity index (χ1) is 11.5. The largest absolute Gasteiger partial charge is 0.506 e. The van der Waals surface area contributed by atoms with E-state index in [4.69, 9.17) is 4.74 Å². The summed E-state index contributed by atoms with van der Waals surface area (Å²) in [4.78, 5) is 13.5. The minimum atomic E-state index is -0.443. The number of aromatic hydroxyl groups is 1. The molecule has 0 radical (unpaired) electrons. The van der Waals surface area contributed by atoms with E-state index in [9.17, 15) is 9.90 Å². The first-order valence-electron chi connectivity index (χ1n) is 7.75. The molecule has 0 fully saturated rings. The van der Waals surface area contributed by atoms with Crippen LogP contribution in [0.3, 0.4) is 0 Å². The van der Waals surface area contributed by atoms with Crippen molar-refractivity contribution >= 4 is 17.0 Å². The van der Waals surface area contributed by atoms with Crippen LogP contribution in [-0.4, -0.2) is 25.1 Å². The van der Waals surface area contributed by atoms with Gasteiger partial charge in [-0.05, 0) is 43.2 Å². The van der Waals surface area contributed by atoms with Gasteiger partial charge in [0.05, 0.1) is 0 Å². The minimum absolute atomic E-state index is 0.224. The second-order valence-corrected chi connectivity index (χ2v) is 5.87. The summed E-state index contributed by atoms with van der Waals surface area (Å²) in [6.07, 6.45) is 0.898. The molecule has 0 atom stereocenters. The number of esters is 1. The van der Waals surface area contributed by atoms with E-state index >= 15 is 0 Å². The number of hydrogen-bond donors (Lipinski definition) is 1. The Morgan fingerprint density at radius 1 is 1.17 bits per heavy atom. The maximum atomic E-state index is 11.6. The quantitative estimate of drug-likeness (QED) is 0.356. The van der Waals surface area contributed by atoms with Crippen LogP contribution in [0.15, 0.2) is 48.6 Å². The van der Waals surface area contributed by atoms with Crippen molar-refractivity contribution in [2.24, 2.45) is 0 Å². The molecule has 0 aliphatic heterocycles. The second kappa shape index (κ2) is 4.92. The van der Waals surface area contributed by atoms with E-state index in [2.05, 4.69) is 13.5 Å². The highest BCUT2D eigenvalue weighted by molar-refractivity contribution is 5.90. The number of carbonyl (C=O) groups is 1. The molecule has 0 saturated carbocycles. The lowest BCUT2D eigenvalue weighted by molar-refractivity contribution is -0.130. The van der Waals surface area contributed by atoms with Gasteiger partial charge >= 0.3 is 5.97 Å². The molecule has 0 spiro atoms. The van der Waals surface area contributed by atoms with E-state index in [-0.39, 0.29) is 5.75 Å². The fourth-order valence-corrected chi connectivity index (χ4v) is 2.73. The third-order valence-corrected chi connectivity index (χ3v) is 4.11. The van der Waals surface area contributed by atoms with E-state index < -0.39 is 5.97 Å². The fourth-order valence-electron chi connectivity index (χ4n) is 2.73. The van der Waals surface area contributed by atoms with E-state index in [1.165, 1.54) is 0 Å². The summed E-state index contributed by atoms with van der Waals surface area (Å²) in [6.45, 7) is 7.26. The molecule has 6 nitrogen and oxygen atoms in total. The summed E-state index contributed by atoms with van der Waals surface area (Å²) in [5.41, 5.74) is 4.14. The molecular formula is C18H17N3O3. The number of aryl methyl sites for hydroxylation is 1. The van der Waals surface area contributed by atoms with E-state index in [0.29, 0.717) is 11.3 Å². The summed E-state index contributed by atoms with van der Waals surface area (Å²) < 4.78 is 9.11. The topological polar surface area (TPSA) is 60.3 Å². The van der Waals surface area contributed by atoms with Crippen LogP contribution in [0, 0.1) is 0 Å². The lowest BCUT2D eigenvalue weighted by atomic mass is 10.1. The summed E-state index contributed by atoms with van der Waals surface area (Å²) in [5.74, 6) is 0.253. The first kappa shape index (κ1) is 14.4. The lowest BCUT2D eigenvalue weighted by Gasteiger charge is -2.04. The molecule has 1 N–H and O–H groups in total. The summed E-state index contributed by atoms with van der Waals surface area (Å²) >= 11 is 0. The van der Waals surface area contributed by atoms with Crippen LogP contribution >= 0.6 is 0 Å². The Kier molecular flexibility index (Phi) is 2.96. The number of ether oxygens (including phenoxy) is 1. The number of phenols is 1. The van der Waals surface area contributed by atoms with Gasteiger partial charge in [-0.15, -0.1) is 14.1 Å². The molecule has 0 aliphatic rings. The number of carbonyl (C=O) groups excluding carboxylic acids is 1. The number of fused-ring (bicyclic) bond motifs is 4. The number of nitrogens with zero attached hydrogens (tertiary/aromatic N) is 3. The molecular weight excluding hydrogens is 306 g/mol. The minimum Gasteiger partial charge on any atom is -0.506 e. The predicted octanol–water partition coefficient (Wildman–Crippen LogP) is 3.17. The lowest BCUT2D eigenvalue weighted by Crippen LogP contribution is -2.08. The third-order valence-electron chi connectivity index (χ3n) is 4.11. The summed E-state index contributed by atoms with van der Waals surface area (Å²) in [7, 11) is 0. The predicted molar refractivity (Wildman–Crippen MR) is 90.4 cm³/mol. The van der Waals surface area contributed by atoms with E-state index in [0.717, 1.165) is 28.7 Å². The normalized spacial score (nSPS) is 11.6. The molecule has 0 saturated heterocycles. The molecule has 2 aromatic heterocycles. The van der Waals surface area contributed by atoms with Crippen LogP contribution in [0.25, 0.3) is 16.7 Å².